The Kier molecular flexibility index (Phi) is 5.91. The zero-order chi connectivity index (χ0) is 15.3. The average molecular weight is 301 g/mol. The normalized spacial score (nSPS) is 12.2. The van der Waals surface area contributed by atoms with E-state index in [1.807, 2.05) is 13.8 Å². The number of nitrogens with one attached hydrogen (secondary N) is 1. The molecule has 1 unspecified atom stereocenters. The molecule has 7 heteroatoms. The van der Waals surface area contributed by atoms with Crippen molar-refractivity contribution in [2.75, 3.05) is 6.61 Å². The lowest BCUT2D eigenvalue weighted by Gasteiger charge is -2.21. The molecule has 1 amide bonds. The lowest BCUT2D eigenvalue weighted by molar-refractivity contribution is -0.385. The van der Waals surface area contributed by atoms with Gasteiger partial charge in [-0.2, -0.15) is 0 Å². The van der Waals surface area contributed by atoms with Gasteiger partial charge in [0.15, 0.2) is 0 Å². The Balaban J connectivity index is 3.03. The summed E-state index contributed by atoms with van der Waals surface area (Å²) in [4.78, 5) is 22.5. The maximum Gasteiger partial charge on any atom is 0.300 e. The molecular formula is C13H17ClN2O4. The first-order valence-corrected chi connectivity index (χ1v) is 6.61. The van der Waals surface area contributed by atoms with Crippen molar-refractivity contribution >= 4 is 23.2 Å². The minimum absolute atomic E-state index is 0.0687. The highest BCUT2D eigenvalue weighted by Crippen LogP contribution is 2.28. The first kappa shape index (κ1) is 16.4. The van der Waals surface area contributed by atoms with Crippen molar-refractivity contribution in [2.45, 2.75) is 26.3 Å². The Bertz CT molecular complexity index is 505. The first-order valence-electron chi connectivity index (χ1n) is 6.23. The largest absolute Gasteiger partial charge is 0.396 e. The Morgan fingerprint density at radius 2 is 2.15 bits per heavy atom. The van der Waals surface area contributed by atoms with Gasteiger partial charge < -0.3 is 10.4 Å². The fourth-order valence-corrected chi connectivity index (χ4v) is 2.09. The summed E-state index contributed by atoms with van der Waals surface area (Å²) in [5.74, 6) is -0.462. The maximum absolute atomic E-state index is 12.2. The highest BCUT2D eigenvalue weighted by Gasteiger charge is 2.25. The van der Waals surface area contributed by atoms with Gasteiger partial charge in [-0.1, -0.05) is 31.5 Å². The summed E-state index contributed by atoms with van der Waals surface area (Å²) >= 11 is 5.77. The molecule has 1 aromatic carbocycles. The summed E-state index contributed by atoms with van der Waals surface area (Å²) in [6.45, 7) is 3.72. The Hall–Kier alpha value is -1.66. The number of nitrogens with zero attached hydrogens (tertiary/aromatic N) is 1. The molecule has 0 heterocycles. The third-order valence-electron chi connectivity index (χ3n) is 2.98. The van der Waals surface area contributed by atoms with Crippen LogP contribution in [0.4, 0.5) is 5.69 Å². The molecule has 0 aromatic heterocycles. The third kappa shape index (κ3) is 3.91. The van der Waals surface area contributed by atoms with Crippen LogP contribution >= 0.6 is 11.6 Å². The fourth-order valence-electron chi connectivity index (χ4n) is 1.84. The van der Waals surface area contributed by atoms with Gasteiger partial charge in [-0.05, 0) is 24.5 Å². The number of hydrogen-bond donors (Lipinski definition) is 2. The van der Waals surface area contributed by atoms with Gasteiger partial charge in [0.1, 0.15) is 10.6 Å². The number of carbonyl (C=O) groups excluding carboxylic acids is 1. The average Bonchev–Trinajstić information content (AvgIpc) is 2.37. The first-order chi connectivity index (χ1) is 9.38. The van der Waals surface area contributed by atoms with Crippen molar-refractivity contribution in [3.8, 4) is 0 Å². The van der Waals surface area contributed by atoms with Gasteiger partial charge in [-0.3, -0.25) is 14.9 Å². The van der Waals surface area contributed by atoms with E-state index < -0.39 is 16.5 Å². The summed E-state index contributed by atoms with van der Waals surface area (Å²) in [5.41, 5.74) is -0.482. The Labute approximate surface area is 121 Å². The van der Waals surface area contributed by atoms with E-state index >= 15 is 0 Å². The molecule has 0 saturated carbocycles. The van der Waals surface area contributed by atoms with Gasteiger partial charge in [-0.25, -0.2) is 0 Å². The smallest absolute Gasteiger partial charge is 0.300 e. The molecule has 2 N–H and O–H groups in total. The molecular weight excluding hydrogens is 284 g/mol. The zero-order valence-corrected chi connectivity index (χ0v) is 12.1. The van der Waals surface area contributed by atoms with E-state index in [1.54, 1.807) is 0 Å². The molecule has 0 spiro atoms. The summed E-state index contributed by atoms with van der Waals surface area (Å²) in [5, 5.41) is 22.6. The molecule has 20 heavy (non-hydrogen) atoms. The van der Waals surface area contributed by atoms with Crippen molar-refractivity contribution in [1.29, 1.82) is 0 Å². The number of carbonyl (C=O) groups is 1. The number of para-hydroxylation sites is 1. The lowest BCUT2D eigenvalue weighted by Crippen LogP contribution is -2.39. The summed E-state index contributed by atoms with van der Waals surface area (Å²) in [6.07, 6.45) is 0.387. The van der Waals surface area contributed by atoms with E-state index in [9.17, 15) is 14.9 Å². The minimum atomic E-state index is -0.673. The number of aliphatic hydroxyl groups excluding tert-OH is 1. The van der Waals surface area contributed by atoms with Crippen molar-refractivity contribution in [3.05, 3.63) is 38.9 Å². The Morgan fingerprint density at radius 1 is 1.50 bits per heavy atom. The van der Waals surface area contributed by atoms with E-state index in [1.165, 1.54) is 18.2 Å². The van der Waals surface area contributed by atoms with Gasteiger partial charge in [0.25, 0.3) is 5.91 Å². The lowest BCUT2D eigenvalue weighted by atomic mass is 10.0. The standard InChI is InChI=1S/C13H17ClN2O4/c1-8(2)11(6-7-17)15-13(18)9-4-3-5-10(14)12(9)16(19)20/h3-5,8,11,17H,6-7H2,1-2H3,(H,15,18). The van der Waals surface area contributed by atoms with E-state index in [2.05, 4.69) is 5.32 Å². The van der Waals surface area contributed by atoms with Gasteiger partial charge in [-0.15, -0.1) is 0 Å². The van der Waals surface area contributed by atoms with Crippen molar-refractivity contribution < 1.29 is 14.8 Å². The van der Waals surface area contributed by atoms with E-state index in [4.69, 9.17) is 16.7 Å². The van der Waals surface area contributed by atoms with Gasteiger partial charge >= 0.3 is 5.69 Å². The minimum Gasteiger partial charge on any atom is -0.396 e. The molecule has 1 aromatic rings. The molecule has 0 saturated heterocycles. The van der Waals surface area contributed by atoms with Crippen LogP contribution in [0.25, 0.3) is 0 Å². The quantitative estimate of drug-likeness (QED) is 0.623. The molecule has 0 bridgehead atoms. The topological polar surface area (TPSA) is 92.5 Å². The molecule has 6 nitrogen and oxygen atoms in total. The van der Waals surface area contributed by atoms with Crippen LogP contribution in [-0.4, -0.2) is 28.6 Å². The summed E-state index contributed by atoms with van der Waals surface area (Å²) < 4.78 is 0. The number of nitro groups is 1. The maximum atomic E-state index is 12.2. The molecule has 0 aliphatic rings. The third-order valence-corrected chi connectivity index (χ3v) is 3.28. The summed E-state index contributed by atoms with van der Waals surface area (Å²) in [7, 11) is 0. The molecule has 1 rings (SSSR count). The molecule has 1 atom stereocenters. The number of aliphatic hydroxyl groups is 1. The van der Waals surface area contributed by atoms with Crippen LogP contribution < -0.4 is 5.32 Å². The molecule has 0 aliphatic carbocycles. The van der Waals surface area contributed by atoms with Crippen LogP contribution in [0.3, 0.4) is 0 Å². The number of halogens is 1. The molecule has 0 aliphatic heterocycles. The van der Waals surface area contributed by atoms with Crippen molar-refractivity contribution in [3.63, 3.8) is 0 Å². The molecule has 0 radical (unpaired) electrons. The predicted octanol–water partition coefficient (Wildman–Crippen LogP) is 2.39. The predicted molar refractivity (Wildman–Crippen MR) is 75.9 cm³/mol. The van der Waals surface area contributed by atoms with Crippen LogP contribution in [0.15, 0.2) is 18.2 Å². The van der Waals surface area contributed by atoms with Crippen LogP contribution in [0, 0.1) is 16.0 Å². The number of amides is 1. The summed E-state index contributed by atoms with van der Waals surface area (Å²) in [6, 6.07) is 3.95. The number of nitro benzene ring substituents is 1. The van der Waals surface area contributed by atoms with Crippen molar-refractivity contribution in [1.82, 2.24) is 5.32 Å². The zero-order valence-electron chi connectivity index (χ0n) is 11.3. The SMILES string of the molecule is CC(C)C(CCO)NC(=O)c1cccc(Cl)c1[N+](=O)[O-]. The second-order valence-electron chi connectivity index (χ2n) is 4.73. The van der Waals surface area contributed by atoms with E-state index in [-0.39, 0.29) is 29.2 Å². The van der Waals surface area contributed by atoms with Crippen LogP contribution in [0.5, 0.6) is 0 Å². The number of rotatable bonds is 6. The monoisotopic (exact) mass is 300 g/mol. The Morgan fingerprint density at radius 3 is 2.65 bits per heavy atom. The molecule has 110 valence electrons. The van der Waals surface area contributed by atoms with Gasteiger partial charge in [0.05, 0.1) is 4.92 Å². The highest BCUT2D eigenvalue weighted by atomic mass is 35.5. The second kappa shape index (κ2) is 7.21. The second-order valence-corrected chi connectivity index (χ2v) is 5.14. The van der Waals surface area contributed by atoms with Crippen molar-refractivity contribution in [2.24, 2.45) is 5.92 Å². The molecule has 0 fully saturated rings. The van der Waals surface area contributed by atoms with Gasteiger partial charge in [0.2, 0.25) is 0 Å². The highest BCUT2D eigenvalue weighted by molar-refractivity contribution is 6.33. The van der Waals surface area contributed by atoms with E-state index in [0.717, 1.165) is 0 Å². The van der Waals surface area contributed by atoms with E-state index in [0.29, 0.717) is 6.42 Å². The van der Waals surface area contributed by atoms with Crippen LogP contribution in [0.1, 0.15) is 30.6 Å². The van der Waals surface area contributed by atoms with Crippen LogP contribution in [-0.2, 0) is 0 Å². The van der Waals surface area contributed by atoms with Crippen LogP contribution in [0.2, 0.25) is 5.02 Å². The van der Waals surface area contributed by atoms with Gasteiger partial charge in [0, 0.05) is 12.6 Å². The fraction of sp³-hybridized carbons (Fsp3) is 0.462. The number of benzene rings is 1. The number of hydrogen-bond acceptors (Lipinski definition) is 4.